The van der Waals surface area contributed by atoms with Gasteiger partial charge in [-0.2, -0.15) is 0 Å². The van der Waals surface area contributed by atoms with E-state index in [2.05, 4.69) is 16.0 Å². The first-order chi connectivity index (χ1) is 13.5. The van der Waals surface area contributed by atoms with Crippen molar-refractivity contribution in [3.05, 3.63) is 23.8 Å². The number of hydrogen-bond donors (Lipinski definition) is 3. The van der Waals surface area contributed by atoms with Gasteiger partial charge in [-0.05, 0) is 44.0 Å². The van der Waals surface area contributed by atoms with Crippen molar-refractivity contribution in [1.82, 2.24) is 16.0 Å². The Labute approximate surface area is 164 Å². The summed E-state index contributed by atoms with van der Waals surface area (Å²) in [5.41, 5.74) is 1.07. The van der Waals surface area contributed by atoms with Crippen molar-refractivity contribution in [2.75, 3.05) is 25.1 Å². The zero-order chi connectivity index (χ0) is 19.7. The average Bonchev–Trinajstić information content (AvgIpc) is 3.32. The average molecular weight is 386 g/mol. The Bertz CT molecular complexity index is 798. The zero-order valence-electron chi connectivity index (χ0n) is 16.0. The van der Waals surface area contributed by atoms with Gasteiger partial charge in [-0.3, -0.25) is 19.8 Å². The topological polar surface area (TPSA) is 99.8 Å². The standard InChI is InChI=1S/C20H26N4O4/c1-28-15-12-13(4-5-14(15)24-11-7-17(25)23-19(24)27)18(26)22-16-6-10-21-20(16)8-2-3-9-20/h4-5,12,16,21H,2-3,6-11H2,1H3,(H,22,26)(H,23,25,27). The number of benzene rings is 1. The Morgan fingerprint density at radius 2 is 2.07 bits per heavy atom. The molecule has 1 saturated carbocycles. The summed E-state index contributed by atoms with van der Waals surface area (Å²) in [6, 6.07) is 4.69. The fraction of sp³-hybridized carbons (Fsp3) is 0.550. The summed E-state index contributed by atoms with van der Waals surface area (Å²) in [4.78, 5) is 37.8. The number of nitrogens with one attached hydrogen (secondary N) is 3. The molecule has 1 unspecified atom stereocenters. The lowest BCUT2D eigenvalue weighted by atomic mass is 9.90. The molecule has 2 saturated heterocycles. The summed E-state index contributed by atoms with van der Waals surface area (Å²) >= 11 is 0. The first kappa shape index (κ1) is 18.7. The second-order valence-electron chi connectivity index (χ2n) is 7.75. The number of imide groups is 1. The molecule has 1 aromatic carbocycles. The van der Waals surface area contributed by atoms with E-state index in [-0.39, 0.29) is 36.4 Å². The Kier molecular flexibility index (Phi) is 4.97. The lowest BCUT2D eigenvalue weighted by Crippen LogP contribution is -2.53. The molecule has 8 heteroatoms. The van der Waals surface area contributed by atoms with Crippen LogP contribution in [0.1, 0.15) is 48.9 Å². The normalized spacial score (nSPS) is 23.8. The van der Waals surface area contributed by atoms with Gasteiger partial charge in [0, 0.05) is 30.1 Å². The van der Waals surface area contributed by atoms with Crippen molar-refractivity contribution in [1.29, 1.82) is 0 Å². The molecule has 1 aromatic rings. The van der Waals surface area contributed by atoms with Crippen molar-refractivity contribution in [3.8, 4) is 5.75 Å². The summed E-state index contributed by atoms with van der Waals surface area (Å²) in [5.74, 6) is 0.00241. The highest BCUT2D eigenvalue weighted by Crippen LogP contribution is 2.37. The molecule has 3 aliphatic rings. The summed E-state index contributed by atoms with van der Waals surface area (Å²) in [6.07, 6.45) is 5.76. The van der Waals surface area contributed by atoms with Gasteiger partial charge < -0.3 is 15.4 Å². The molecule has 1 atom stereocenters. The van der Waals surface area contributed by atoms with Crippen LogP contribution in [0.25, 0.3) is 0 Å². The molecule has 0 aromatic heterocycles. The van der Waals surface area contributed by atoms with E-state index in [9.17, 15) is 14.4 Å². The number of carbonyl (C=O) groups is 3. The summed E-state index contributed by atoms with van der Waals surface area (Å²) < 4.78 is 5.43. The third kappa shape index (κ3) is 3.32. The van der Waals surface area contributed by atoms with Crippen LogP contribution in [0.15, 0.2) is 18.2 Å². The number of hydrogen-bond acceptors (Lipinski definition) is 5. The van der Waals surface area contributed by atoms with Crippen LogP contribution in [0.2, 0.25) is 0 Å². The maximum Gasteiger partial charge on any atom is 0.328 e. The number of ether oxygens (including phenoxy) is 1. The lowest BCUT2D eigenvalue weighted by molar-refractivity contribution is -0.120. The highest BCUT2D eigenvalue weighted by atomic mass is 16.5. The van der Waals surface area contributed by atoms with Crippen molar-refractivity contribution < 1.29 is 19.1 Å². The maximum atomic E-state index is 12.9. The zero-order valence-corrected chi connectivity index (χ0v) is 16.0. The first-order valence-corrected chi connectivity index (χ1v) is 9.88. The van der Waals surface area contributed by atoms with E-state index >= 15 is 0 Å². The number of methoxy groups -OCH3 is 1. The highest BCUT2D eigenvalue weighted by molar-refractivity contribution is 6.06. The molecule has 0 radical (unpaired) electrons. The highest BCUT2D eigenvalue weighted by Gasteiger charge is 2.45. The second kappa shape index (κ2) is 7.43. The van der Waals surface area contributed by atoms with Crippen LogP contribution >= 0.6 is 0 Å². The molecule has 3 N–H and O–H groups in total. The van der Waals surface area contributed by atoms with Gasteiger partial charge in [0.1, 0.15) is 5.75 Å². The minimum atomic E-state index is -0.480. The minimum absolute atomic E-state index is 0.0398. The van der Waals surface area contributed by atoms with Crippen LogP contribution in [-0.2, 0) is 4.79 Å². The van der Waals surface area contributed by atoms with Crippen molar-refractivity contribution in [2.24, 2.45) is 0 Å². The van der Waals surface area contributed by atoms with E-state index in [4.69, 9.17) is 4.74 Å². The van der Waals surface area contributed by atoms with E-state index in [1.54, 1.807) is 18.2 Å². The fourth-order valence-corrected chi connectivity index (χ4v) is 4.68. The number of anilines is 1. The van der Waals surface area contributed by atoms with Crippen LogP contribution in [-0.4, -0.2) is 49.6 Å². The number of urea groups is 1. The molecule has 4 amide bonds. The molecular weight excluding hydrogens is 360 g/mol. The molecule has 3 fully saturated rings. The lowest BCUT2D eigenvalue weighted by Gasteiger charge is -2.32. The first-order valence-electron chi connectivity index (χ1n) is 9.88. The molecule has 2 aliphatic heterocycles. The van der Waals surface area contributed by atoms with E-state index in [0.29, 0.717) is 17.0 Å². The molecule has 28 heavy (non-hydrogen) atoms. The predicted octanol–water partition coefficient (Wildman–Crippen LogP) is 1.55. The van der Waals surface area contributed by atoms with Gasteiger partial charge in [-0.1, -0.05) is 12.8 Å². The third-order valence-corrected chi connectivity index (χ3v) is 6.16. The van der Waals surface area contributed by atoms with Gasteiger partial charge in [-0.25, -0.2) is 4.79 Å². The molecule has 1 aliphatic carbocycles. The Balaban J connectivity index is 1.51. The molecule has 150 valence electrons. The summed E-state index contributed by atoms with van der Waals surface area (Å²) in [5, 5.41) is 9.10. The second-order valence-corrected chi connectivity index (χ2v) is 7.75. The Hall–Kier alpha value is -2.61. The van der Waals surface area contributed by atoms with Gasteiger partial charge in [0.25, 0.3) is 5.91 Å². The molecular formula is C20H26N4O4. The van der Waals surface area contributed by atoms with Crippen LogP contribution in [0.5, 0.6) is 5.75 Å². The van der Waals surface area contributed by atoms with Gasteiger partial charge >= 0.3 is 6.03 Å². The molecule has 1 spiro atoms. The minimum Gasteiger partial charge on any atom is -0.495 e. The predicted molar refractivity (Wildman–Crippen MR) is 104 cm³/mol. The van der Waals surface area contributed by atoms with Gasteiger partial charge in [0.15, 0.2) is 0 Å². The third-order valence-electron chi connectivity index (χ3n) is 6.16. The van der Waals surface area contributed by atoms with E-state index in [0.717, 1.165) is 25.8 Å². The number of carbonyl (C=O) groups excluding carboxylic acids is 3. The monoisotopic (exact) mass is 386 g/mol. The van der Waals surface area contributed by atoms with Crippen LogP contribution in [0.3, 0.4) is 0 Å². The van der Waals surface area contributed by atoms with Crippen molar-refractivity contribution in [2.45, 2.75) is 50.1 Å². The number of amides is 4. The summed E-state index contributed by atoms with van der Waals surface area (Å²) in [7, 11) is 1.50. The Morgan fingerprint density at radius 1 is 1.29 bits per heavy atom. The van der Waals surface area contributed by atoms with Crippen molar-refractivity contribution >= 4 is 23.5 Å². The van der Waals surface area contributed by atoms with Crippen LogP contribution in [0.4, 0.5) is 10.5 Å². The van der Waals surface area contributed by atoms with E-state index in [1.807, 2.05) is 0 Å². The largest absolute Gasteiger partial charge is 0.495 e. The number of nitrogens with zero attached hydrogens (tertiary/aromatic N) is 1. The fourth-order valence-electron chi connectivity index (χ4n) is 4.68. The molecule has 2 heterocycles. The quantitative estimate of drug-likeness (QED) is 0.729. The van der Waals surface area contributed by atoms with Gasteiger partial charge in [0.2, 0.25) is 5.91 Å². The van der Waals surface area contributed by atoms with E-state index < -0.39 is 6.03 Å². The van der Waals surface area contributed by atoms with Gasteiger partial charge in [-0.15, -0.1) is 0 Å². The molecule has 4 rings (SSSR count). The molecule has 8 nitrogen and oxygen atoms in total. The van der Waals surface area contributed by atoms with E-state index in [1.165, 1.54) is 24.9 Å². The smallest absolute Gasteiger partial charge is 0.328 e. The van der Waals surface area contributed by atoms with Gasteiger partial charge in [0.05, 0.1) is 12.8 Å². The van der Waals surface area contributed by atoms with Crippen LogP contribution in [0, 0.1) is 0 Å². The summed E-state index contributed by atoms with van der Waals surface area (Å²) in [6.45, 7) is 1.21. The Morgan fingerprint density at radius 3 is 2.79 bits per heavy atom. The molecule has 0 bridgehead atoms. The SMILES string of the molecule is COc1cc(C(=O)NC2CCNC23CCCC3)ccc1N1CCC(=O)NC1=O. The van der Waals surface area contributed by atoms with Crippen molar-refractivity contribution in [3.63, 3.8) is 0 Å². The van der Waals surface area contributed by atoms with Crippen LogP contribution < -0.4 is 25.6 Å². The maximum absolute atomic E-state index is 12.9. The number of rotatable bonds is 4.